The number of fused-ring (bicyclic) bond motifs is 1. The molecule has 0 bridgehead atoms. The number of carbonyl (C=O) groups is 1. The fourth-order valence-electron chi connectivity index (χ4n) is 4.38. The number of hydrogen-bond acceptors (Lipinski definition) is 7. The van der Waals surface area contributed by atoms with Crippen LogP contribution >= 0.6 is 0 Å². The van der Waals surface area contributed by atoms with Gasteiger partial charge in [0.05, 0.1) is 23.5 Å². The lowest BCUT2D eigenvalue weighted by molar-refractivity contribution is -0.140. The van der Waals surface area contributed by atoms with Crippen LogP contribution in [0.25, 0.3) is 0 Å². The second-order valence-corrected chi connectivity index (χ2v) is 10.9. The average molecular weight is 534 g/mol. The molecule has 0 saturated carbocycles. The molecule has 37 heavy (non-hydrogen) atoms. The van der Waals surface area contributed by atoms with Gasteiger partial charge in [0.1, 0.15) is 11.2 Å². The number of ether oxygens (including phenoxy) is 2. The van der Waals surface area contributed by atoms with E-state index in [0.717, 1.165) is 18.5 Å². The number of carbonyl (C=O) groups excluding carboxylic acids is 1. The van der Waals surface area contributed by atoms with Crippen molar-refractivity contribution in [3.8, 4) is 5.75 Å². The summed E-state index contributed by atoms with van der Waals surface area (Å²) in [6, 6.07) is 12.7. The lowest BCUT2D eigenvalue weighted by Gasteiger charge is -2.36. The normalized spacial score (nSPS) is 19.1. The van der Waals surface area contributed by atoms with E-state index in [4.69, 9.17) is 4.74 Å². The number of unbranched alkanes of at least 4 members (excludes halogenated alkanes) is 1. The summed E-state index contributed by atoms with van der Waals surface area (Å²) < 4.78 is 55.0. The molecule has 1 aliphatic heterocycles. The molecule has 0 radical (unpaired) electrons. The van der Waals surface area contributed by atoms with Gasteiger partial charge in [-0.25, -0.2) is 17.9 Å². The molecular weight excluding hydrogens is 497 g/mol. The first-order chi connectivity index (χ1) is 17.6. The van der Waals surface area contributed by atoms with E-state index >= 15 is 0 Å². The van der Waals surface area contributed by atoms with Gasteiger partial charge in [0.25, 0.3) is 0 Å². The van der Waals surface area contributed by atoms with Crippen molar-refractivity contribution in [1.82, 2.24) is 4.72 Å². The molecule has 0 amide bonds. The number of esters is 1. The van der Waals surface area contributed by atoms with E-state index < -0.39 is 27.4 Å². The Morgan fingerprint density at radius 2 is 1.89 bits per heavy atom. The van der Waals surface area contributed by atoms with Gasteiger partial charge in [0, 0.05) is 32.4 Å². The van der Waals surface area contributed by atoms with Crippen LogP contribution in [0.3, 0.4) is 0 Å². The Labute approximate surface area is 219 Å². The number of para-hydroxylation sites is 1. The van der Waals surface area contributed by atoms with Crippen molar-refractivity contribution >= 4 is 33.1 Å². The maximum absolute atomic E-state index is 14.2. The molecule has 1 unspecified atom stereocenters. The van der Waals surface area contributed by atoms with Gasteiger partial charge < -0.3 is 19.3 Å². The third kappa shape index (κ3) is 6.42. The van der Waals surface area contributed by atoms with Crippen molar-refractivity contribution in [3.05, 3.63) is 54.6 Å². The molecule has 1 N–H and O–H groups in total. The van der Waals surface area contributed by atoms with Gasteiger partial charge in [0.15, 0.2) is 5.75 Å². The highest BCUT2D eigenvalue weighted by Crippen LogP contribution is 2.44. The van der Waals surface area contributed by atoms with Crippen molar-refractivity contribution in [2.24, 2.45) is 0 Å². The number of halogens is 1. The molecule has 0 saturated heterocycles. The number of nitrogens with one attached hydrogen (secondary N) is 1. The number of rotatable bonds is 10. The van der Waals surface area contributed by atoms with E-state index in [2.05, 4.69) is 16.4 Å². The van der Waals surface area contributed by atoms with Crippen LogP contribution in [0.1, 0.15) is 46.5 Å². The maximum Gasteiger partial charge on any atom is 0.370 e. The quantitative estimate of drug-likeness (QED) is 0.253. The third-order valence-corrected chi connectivity index (χ3v) is 8.04. The van der Waals surface area contributed by atoms with Crippen molar-refractivity contribution in [3.63, 3.8) is 0 Å². The molecule has 0 aromatic heterocycles. The zero-order valence-corrected chi connectivity index (χ0v) is 22.9. The van der Waals surface area contributed by atoms with E-state index in [9.17, 15) is 17.6 Å². The van der Waals surface area contributed by atoms with Gasteiger partial charge in [-0.3, -0.25) is 0 Å². The molecule has 10 heteroatoms. The highest BCUT2D eigenvalue weighted by Gasteiger charge is 2.41. The van der Waals surface area contributed by atoms with Crippen molar-refractivity contribution < 1.29 is 27.1 Å². The van der Waals surface area contributed by atoms with E-state index in [1.54, 1.807) is 32.0 Å². The Balaban J connectivity index is 2.22. The molecule has 2 aromatic rings. The first-order valence-corrected chi connectivity index (χ1v) is 14.0. The predicted molar refractivity (Wildman–Crippen MR) is 144 cm³/mol. The Hall–Kier alpha value is -3.11. The molecule has 8 nitrogen and oxygen atoms in total. The summed E-state index contributed by atoms with van der Waals surface area (Å²) in [6.07, 6.45) is 3.71. The summed E-state index contributed by atoms with van der Waals surface area (Å²) in [7, 11) is -0.451. The van der Waals surface area contributed by atoms with Crippen LogP contribution in [0.5, 0.6) is 5.75 Å². The van der Waals surface area contributed by atoms with Gasteiger partial charge in [-0.2, -0.15) is 4.39 Å². The summed E-state index contributed by atoms with van der Waals surface area (Å²) in [5.74, 6) is -2.30. The highest BCUT2D eigenvalue weighted by atomic mass is 32.2. The van der Waals surface area contributed by atoms with Gasteiger partial charge in [-0.15, -0.1) is 0 Å². The van der Waals surface area contributed by atoms with Crippen LogP contribution in [-0.2, 0) is 19.6 Å². The van der Waals surface area contributed by atoms with Crippen molar-refractivity contribution in [1.29, 1.82) is 0 Å². The molecule has 0 spiro atoms. The first kappa shape index (κ1) is 28.5. The largest absolute Gasteiger partial charge is 0.461 e. The average Bonchev–Trinajstić information content (AvgIpc) is 2.98. The lowest BCUT2D eigenvalue weighted by atomic mass is 9.89. The topological polar surface area (TPSA) is 88.2 Å². The summed E-state index contributed by atoms with van der Waals surface area (Å²) >= 11 is 0. The van der Waals surface area contributed by atoms with Gasteiger partial charge in [-0.05, 0) is 38.0 Å². The molecule has 1 heterocycles. The second-order valence-electron chi connectivity index (χ2n) is 9.25. The fraction of sp³-hybridized carbons (Fsp3) is 0.444. The standard InChI is InChI=1S/C27H36FN3O5S/c1-6-9-15-27(7-2)19-31(20-13-11-10-12-14-20)23-16-22(30(4)5)24(17-25(23)37(33,34)29-27)36-18-21(28)26(32)35-8-3/h10-14,16-18,29H,6-9,15,19H2,1-5H3/b21-18-. The van der Waals surface area contributed by atoms with Crippen LogP contribution < -0.4 is 19.3 Å². The molecule has 3 rings (SSSR count). The SMILES string of the molecule is CCCCC1(CC)CN(c2ccccc2)c2cc(N(C)C)c(O/C=C(\F)C(=O)OCC)cc2S(=O)(=O)N1. The van der Waals surface area contributed by atoms with Gasteiger partial charge in [-0.1, -0.05) is 44.9 Å². The smallest absolute Gasteiger partial charge is 0.370 e. The Bertz CT molecular complexity index is 1230. The summed E-state index contributed by atoms with van der Waals surface area (Å²) in [5, 5.41) is 0. The second kappa shape index (κ2) is 12.0. The monoisotopic (exact) mass is 533 g/mol. The zero-order chi connectivity index (χ0) is 27.2. The van der Waals surface area contributed by atoms with Crippen LogP contribution in [0, 0.1) is 0 Å². The molecule has 1 aliphatic rings. The molecule has 0 fully saturated rings. The van der Waals surface area contributed by atoms with Crippen LogP contribution in [-0.4, -0.2) is 47.2 Å². The zero-order valence-electron chi connectivity index (χ0n) is 22.1. The highest BCUT2D eigenvalue weighted by molar-refractivity contribution is 7.89. The number of anilines is 3. The van der Waals surface area contributed by atoms with Crippen LogP contribution in [0.15, 0.2) is 59.4 Å². The van der Waals surface area contributed by atoms with Gasteiger partial charge in [0.2, 0.25) is 15.9 Å². The van der Waals surface area contributed by atoms with E-state index in [1.807, 2.05) is 42.2 Å². The Morgan fingerprint density at radius 3 is 2.49 bits per heavy atom. The number of hydrogen-bond donors (Lipinski definition) is 1. The Morgan fingerprint density at radius 1 is 1.19 bits per heavy atom. The molecule has 1 atom stereocenters. The van der Waals surface area contributed by atoms with Crippen LogP contribution in [0.2, 0.25) is 0 Å². The number of nitrogens with zero attached hydrogens (tertiary/aromatic N) is 2. The summed E-state index contributed by atoms with van der Waals surface area (Å²) in [4.78, 5) is 15.4. The van der Waals surface area contributed by atoms with Crippen molar-refractivity contribution in [2.45, 2.75) is 56.9 Å². The van der Waals surface area contributed by atoms with Gasteiger partial charge >= 0.3 is 5.97 Å². The minimum atomic E-state index is -3.99. The summed E-state index contributed by atoms with van der Waals surface area (Å²) in [5.41, 5.74) is 1.15. The minimum absolute atomic E-state index is 0.00807. The fourth-order valence-corrected chi connectivity index (χ4v) is 6.07. The lowest BCUT2D eigenvalue weighted by Crippen LogP contribution is -2.52. The minimum Gasteiger partial charge on any atom is -0.461 e. The first-order valence-electron chi connectivity index (χ1n) is 12.5. The van der Waals surface area contributed by atoms with E-state index in [1.165, 1.54) is 6.07 Å². The van der Waals surface area contributed by atoms with E-state index in [-0.39, 0.29) is 17.3 Å². The van der Waals surface area contributed by atoms with E-state index in [0.29, 0.717) is 37.0 Å². The number of sulfonamides is 1. The predicted octanol–water partition coefficient (Wildman–Crippen LogP) is 5.27. The third-order valence-electron chi connectivity index (χ3n) is 6.43. The molecular formula is C27H36FN3O5S. The van der Waals surface area contributed by atoms with Crippen molar-refractivity contribution in [2.75, 3.05) is 37.0 Å². The Kier molecular flexibility index (Phi) is 9.20. The molecule has 2 aromatic carbocycles. The molecule has 202 valence electrons. The maximum atomic E-state index is 14.2. The molecule has 0 aliphatic carbocycles. The summed E-state index contributed by atoms with van der Waals surface area (Å²) in [6.45, 7) is 6.08. The number of benzene rings is 2. The van der Waals surface area contributed by atoms with Crippen LogP contribution in [0.4, 0.5) is 21.5 Å².